The van der Waals surface area contributed by atoms with E-state index in [9.17, 15) is 18.8 Å². The molecule has 150 valence electrons. The number of imide groups is 1. The number of hydrogen-bond acceptors (Lipinski definition) is 5. The Kier molecular flexibility index (Phi) is 4.50. The lowest BCUT2D eigenvalue weighted by Crippen LogP contribution is -2.54. The summed E-state index contributed by atoms with van der Waals surface area (Å²) in [5, 5.41) is 3.19. The standard InChI is InChI=1S/C22H21FN2O4/c1-12-8-4-5-9-13(12)18-16-17(22(2,24-18)21(28)29-3)20(27)25(19(16)26)15-11-7-6-10-14(15)23/h4-11,16-18,24H,1-3H3/t16-,17-,18-,22-/m0/s1. The van der Waals surface area contributed by atoms with Gasteiger partial charge in [-0.05, 0) is 37.1 Å². The number of halogens is 1. The number of benzene rings is 2. The Hall–Kier alpha value is -3.06. The number of carbonyl (C=O) groups is 3. The lowest BCUT2D eigenvalue weighted by molar-refractivity contribution is -0.151. The number of amides is 2. The van der Waals surface area contributed by atoms with Crippen LogP contribution < -0.4 is 10.2 Å². The number of methoxy groups -OCH3 is 1. The van der Waals surface area contributed by atoms with Crippen LogP contribution in [0.3, 0.4) is 0 Å². The van der Waals surface area contributed by atoms with E-state index in [-0.39, 0.29) is 5.69 Å². The molecule has 0 aromatic heterocycles. The number of para-hydroxylation sites is 1. The molecule has 2 aliphatic heterocycles. The van der Waals surface area contributed by atoms with Crippen molar-refractivity contribution in [3.63, 3.8) is 0 Å². The molecule has 7 heteroatoms. The highest BCUT2D eigenvalue weighted by atomic mass is 19.1. The largest absolute Gasteiger partial charge is 0.468 e. The van der Waals surface area contributed by atoms with Gasteiger partial charge in [0.25, 0.3) is 0 Å². The van der Waals surface area contributed by atoms with Crippen LogP contribution in [0, 0.1) is 24.6 Å². The van der Waals surface area contributed by atoms with Crippen LogP contribution in [0.1, 0.15) is 24.1 Å². The molecule has 4 atom stereocenters. The molecular weight excluding hydrogens is 375 g/mol. The smallest absolute Gasteiger partial charge is 0.326 e. The number of ether oxygens (including phenoxy) is 1. The zero-order valence-corrected chi connectivity index (χ0v) is 16.3. The molecule has 2 aromatic carbocycles. The van der Waals surface area contributed by atoms with Crippen molar-refractivity contribution >= 4 is 23.5 Å². The minimum absolute atomic E-state index is 0.104. The number of nitrogens with one attached hydrogen (secondary N) is 1. The molecule has 2 saturated heterocycles. The van der Waals surface area contributed by atoms with Crippen LogP contribution in [0.2, 0.25) is 0 Å². The van der Waals surface area contributed by atoms with Gasteiger partial charge in [0.15, 0.2) is 0 Å². The average Bonchev–Trinajstić information content (AvgIpc) is 3.16. The molecular formula is C22H21FN2O4. The molecule has 0 unspecified atom stereocenters. The zero-order chi connectivity index (χ0) is 20.9. The van der Waals surface area contributed by atoms with E-state index in [0.29, 0.717) is 0 Å². The number of nitrogens with zero attached hydrogens (tertiary/aromatic N) is 1. The maximum absolute atomic E-state index is 14.4. The highest BCUT2D eigenvalue weighted by molar-refractivity contribution is 6.24. The highest BCUT2D eigenvalue weighted by Crippen LogP contribution is 2.50. The summed E-state index contributed by atoms with van der Waals surface area (Å²) < 4.78 is 19.4. The Labute approximate surface area is 167 Å². The van der Waals surface area contributed by atoms with Gasteiger partial charge in [0.05, 0.1) is 24.6 Å². The van der Waals surface area contributed by atoms with E-state index in [2.05, 4.69) is 5.32 Å². The Morgan fingerprint density at radius 2 is 1.76 bits per heavy atom. The van der Waals surface area contributed by atoms with Crippen LogP contribution in [0.4, 0.5) is 10.1 Å². The predicted octanol–water partition coefficient (Wildman–Crippen LogP) is 2.52. The van der Waals surface area contributed by atoms with Gasteiger partial charge in [-0.15, -0.1) is 0 Å². The Bertz CT molecular complexity index is 1020. The number of fused-ring (bicyclic) bond motifs is 1. The van der Waals surface area contributed by atoms with Gasteiger partial charge in [0, 0.05) is 6.04 Å². The van der Waals surface area contributed by atoms with E-state index in [0.717, 1.165) is 16.0 Å². The van der Waals surface area contributed by atoms with Gasteiger partial charge in [-0.1, -0.05) is 36.4 Å². The van der Waals surface area contributed by atoms with Gasteiger partial charge in [0.1, 0.15) is 11.4 Å². The summed E-state index contributed by atoms with van der Waals surface area (Å²) in [7, 11) is 1.24. The molecule has 29 heavy (non-hydrogen) atoms. The van der Waals surface area contributed by atoms with Gasteiger partial charge < -0.3 is 4.74 Å². The minimum Gasteiger partial charge on any atom is -0.468 e. The van der Waals surface area contributed by atoms with Crippen LogP contribution in [0.15, 0.2) is 48.5 Å². The van der Waals surface area contributed by atoms with Crippen molar-refractivity contribution in [3.8, 4) is 0 Å². The summed E-state index contributed by atoms with van der Waals surface area (Å²) in [6, 6.07) is 12.5. The molecule has 6 nitrogen and oxygen atoms in total. The number of aryl methyl sites for hydroxylation is 1. The molecule has 2 amide bonds. The van der Waals surface area contributed by atoms with E-state index >= 15 is 0 Å². The Morgan fingerprint density at radius 1 is 1.10 bits per heavy atom. The van der Waals surface area contributed by atoms with Gasteiger partial charge >= 0.3 is 5.97 Å². The molecule has 1 N–H and O–H groups in total. The van der Waals surface area contributed by atoms with Crippen molar-refractivity contribution < 1.29 is 23.5 Å². The third kappa shape index (κ3) is 2.68. The second-order valence-electron chi connectivity index (χ2n) is 7.64. The average molecular weight is 396 g/mol. The maximum atomic E-state index is 14.4. The lowest BCUT2D eigenvalue weighted by atomic mass is 9.80. The van der Waals surface area contributed by atoms with E-state index in [1.54, 1.807) is 13.0 Å². The zero-order valence-electron chi connectivity index (χ0n) is 16.3. The molecule has 2 heterocycles. The summed E-state index contributed by atoms with van der Waals surface area (Å²) in [5.41, 5.74) is 0.209. The first-order chi connectivity index (χ1) is 13.8. The molecule has 0 spiro atoms. The quantitative estimate of drug-likeness (QED) is 0.637. The monoisotopic (exact) mass is 396 g/mol. The first-order valence-corrected chi connectivity index (χ1v) is 9.35. The number of carbonyl (C=O) groups excluding carboxylic acids is 3. The van der Waals surface area contributed by atoms with Crippen molar-refractivity contribution in [2.45, 2.75) is 25.4 Å². The van der Waals surface area contributed by atoms with Crippen molar-refractivity contribution in [1.82, 2.24) is 5.32 Å². The number of anilines is 1. The summed E-state index contributed by atoms with van der Waals surface area (Å²) in [6.45, 7) is 3.46. The molecule has 4 rings (SSSR count). The molecule has 2 aliphatic rings. The van der Waals surface area contributed by atoms with E-state index in [4.69, 9.17) is 4.74 Å². The molecule has 0 radical (unpaired) electrons. The van der Waals surface area contributed by atoms with Crippen molar-refractivity contribution in [3.05, 3.63) is 65.5 Å². The topological polar surface area (TPSA) is 75.7 Å². The van der Waals surface area contributed by atoms with Crippen molar-refractivity contribution in [1.29, 1.82) is 0 Å². The highest BCUT2D eigenvalue weighted by Gasteiger charge is 2.67. The predicted molar refractivity (Wildman–Crippen MR) is 103 cm³/mol. The van der Waals surface area contributed by atoms with Gasteiger partial charge in [-0.3, -0.25) is 19.7 Å². The molecule has 0 saturated carbocycles. The Balaban J connectivity index is 1.87. The van der Waals surface area contributed by atoms with Crippen molar-refractivity contribution in [2.75, 3.05) is 12.0 Å². The summed E-state index contributed by atoms with van der Waals surface area (Å²) in [6.07, 6.45) is 0. The first kappa shape index (κ1) is 19.3. The lowest BCUT2D eigenvalue weighted by Gasteiger charge is -2.29. The second-order valence-corrected chi connectivity index (χ2v) is 7.64. The fourth-order valence-corrected chi connectivity index (χ4v) is 4.61. The van der Waals surface area contributed by atoms with Crippen LogP contribution in [-0.4, -0.2) is 30.4 Å². The minimum atomic E-state index is -1.42. The number of esters is 1. The fraction of sp³-hybridized carbons (Fsp3) is 0.318. The number of hydrogen-bond donors (Lipinski definition) is 1. The van der Waals surface area contributed by atoms with Crippen molar-refractivity contribution in [2.24, 2.45) is 11.8 Å². The van der Waals surface area contributed by atoms with Gasteiger partial charge in [-0.25, -0.2) is 9.29 Å². The normalized spacial score (nSPS) is 28.6. The summed E-state index contributed by atoms with van der Waals surface area (Å²) in [5.74, 6) is -4.31. The molecule has 2 fully saturated rings. The second kappa shape index (κ2) is 6.77. The summed E-state index contributed by atoms with van der Waals surface area (Å²) in [4.78, 5) is 40.3. The van der Waals surface area contributed by atoms with E-state index in [1.165, 1.54) is 25.3 Å². The third-order valence-electron chi connectivity index (χ3n) is 6.01. The SMILES string of the molecule is COC(=O)[C@@]1(C)N[C@@H](c2ccccc2C)[C@H]2C(=O)N(c3ccccc3F)C(=O)[C@H]21. The third-order valence-corrected chi connectivity index (χ3v) is 6.01. The van der Waals surface area contributed by atoms with Crippen LogP contribution in [-0.2, 0) is 19.1 Å². The van der Waals surface area contributed by atoms with Crippen LogP contribution in [0.25, 0.3) is 0 Å². The van der Waals surface area contributed by atoms with Crippen LogP contribution in [0.5, 0.6) is 0 Å². The maximum Gasteiger partial charge on any atom is 0.326 e. The fourth-order valence-electron chi connectivity index (χ4n) is 4.61. The van der Waals surface area contributed by atoms with Gasteiger partial charge in [-0.2, -0.15) is 0 Å². The first-order valence-electron chi connectivity index (χ1n) is 9.35. The van der Waals surface area contributed by atoms with Crippen LogP contribution >= 0.6 is 0 Å². The molecule has 0 bridgehead atoms. The molecule has 2 aromatic rings. The molecule has 0 aliphatic carbocycles. The van der Waals surface area contributed by atoms with Gasteiger partial charge in [0.2, 0.25) is 11.8 Å². The number of rotatable bonds is 3. The Morgan fingerprint density at radius 3 is 2.41 bits per heavy atom. The van der Waals surface area contributed by atoms with E-state index in [1.807, 2.05) is 31.2 Å². The van der Waals surface area contributed by atoms with E-state index < -0.39 is 47.0 Å². The summed E-state index contributed by atoms with van der Waals surface area (Å²) >= 11 is 0.